The second-order valence-corrected chi connectivity index (χ2v) is 13.0. The lowest BCUT2D eigenvalue weighted by atomic mass is 9.85. The molecule has 0 atom stereocenters. The minimum atomic E-state index is 0.619. The fourth-order valence-electron chi connectivity index (χ4n) is 7.61. The first-order valence-electron chi connectivity index (χ1n) is 17.5. The Morgan fingerprint density at radius 3 is 1.37 bits per heavy atom. The van der Waals surface area contributed by atoms with E-state index in [0.717, 1.165) is 38.9 Å². The highest BCUT2D eigenvalue weighted by atomic mass is 15.0. The number of nitrogens with zero attached hydrogens (tertiary/aromatic N) is 4. The van der Waals surface area contributed by atoms with Gasteiger partial charge in [-0.2, -0.15) is 0 Å². The van der Waals surface area contributed by atoms with E-state index in [1.54, 1.807) is 0 Å². The molecule has 4 heteroatoms. The molecule has 0 bridgehead atoms. The van der Waals surface area contributed by atoms with Gasteiger partial charge in [0.2, 0.25) is 0 Å². The minimum absolute atomic E-state index is 0.619. The zero-order valence-corrected chi connectivity index (χ0v) is 28.1. The Hall–Kier alpha value is -7.04. The molecule has 0 unspecified atom stereocenters. The predicted octanol–water partition coefficient (Wildman–Crippen LogP) is 12.2. The molecule has 0 amide bonds. The van der Waals surface area contributed by atoms with Gasteiger partial charge in [0, 0.05) is 34.6 Å². The molecule has 0 aliphatic heterocycles. The number of hydrogen-bond donors (Lipinski definition) is 0. The summed E-state index contributed by atoms with van der Waals surface area (Å²) >= 11 is 0. The van der Waals surface area contributed by atoms with Crippen LogP contribution < -0.4 is 0 Å². The highest BCUT2D eigenvalue weighted by Gasteiger charge is 2.19. The first-order chi connectivity index (χ1) is 25.8. The van der Waals surface area contributed by atoms with Gasteiger partial charge in [-0.3, -0.25) is 4.98 Å². The van der Waals surface area contributed by atoms with Crippen molar-refractivity contribution >= 4 is 43.1 Å². The summed E-state index contributed by atoms with van der Waals surface area (Å²) in [4.78, 5) is 19.6. The van der Waals surface area contributed by atoms with Gasteiger partial charge in [0.05, 0.1) is 0 Å². The van der Waals surface area contributed by atoms with E-state index in [9.17, 15) is 0 Å². The largest absolute Gasteiger partial charge is 0.264 e. The van der Waals surface area contributed by atoms with Crippen molar-refractivity contribution in [3.8, 4) is 56.4 Å². The molecule has 10 rings (SSSR count). The van der Waals surface area contributed by atoms with E-state index in [1.165, 1.54) is 43.1 Å². The minimum Gasteiger partial charge on any atom is -0.264 e. The monoisotopic (exact) mass is 662 g/mol. The van der Waals surface area contributed by atoms with Gasteiger partial charge in [0.25, 0.3) is 0 Å². The van der Waals surface area contributed by atoms with E-state index in [2.05, 4.69) is 108 Å². The summed E-state index contributed by atoms with van der Waals surface area (Å²) in [6.45, 7) is 0. The van der Waals surface area contributed by atoms with Crippen molar-refractivity contribution in [3.63, 3.8) is 0 Å². The topological polar surface area (TPSA) is 51.6 Å². The zero-order chi connectivity index (χ0) is 34.4. The summed E-state index contributed by atoms with van der Waals surface area (Å²) in [5.74, 6) is 1.89. The third kappa shape index (κ3) is 5.00. The number of aromatic nitrogens is 4. The molecule has 0 spiro atoms. The summed E-state index contributed by atoms with van der Waals surface area (Å²) in [6.07, 6.45) is 3.76. The number of benzene rings is 8. The molecular weight excluding hydrogens is 633 g/mol. The maximum absolute atomic E-state index is 5.09. The number of pyridine rings is 1. The summed E-state index contributed by atoms with van der Waals surface area (Å²) in [6, 6.07) is 59.6. The lowest BCUT2D eigenvalue weighted by Crippen LogP contribution is -2.00. The van der Waals surface area contributed by atoms with Gasteiger partial charge < -0.3 is 0 Å². The molecule has 10 aromatic rings. The van der Waals surface area contributed by atoms with Gasteiger partial charge in [0.15, 0.2) is 17.5 Å². The zero-order valence-electron chi connectivity index (χ0n) is 28.1. The molecule has 0 radical (unpaired) electrons. The van der Waals surface area contributed by atoms with E-state index < -0.39 is 0 Å². The van der Waals surface area contributed by atoms with Crippen molar-refractivity contribution in [3.05, 3.63) is 182 Å². The van der Waals surface area contributed by atoms with E-state index >= 15 is 0 Å². The molecule has 52 heavy (non-hydrogen) atoms. The smallest absolute Gasteiger partial charge is 0.164 e. The molecule has 4 nitrogen and oxygen atoms in total. The van der Waals surface area contributed by atoms with Gasteiger partial charge in [-0.25, -0.2) is 15.0 Å². The predicted molar refractivity (Wildman–Crippen MR) is 215 cm³/mol. The van der Waals surface area contributed by atoms with Crippen LogP contribution >= 0.6 is 0 Å². The standard InChI is InChI=1S/C48H30N4/c1-3-14-31(15-4-1)46-50-47(32-16-5-2-6-17-32)52-48(51-46)33-25-26-35(34-18-13-27-49-30-34)42(28-33)43-29-44-38-21-8-7-19-36(38)37-20-9-11-23-40(37)45(44)41-24-12-10-22-39(41)43/h1-30H. The quantitative estimate of drug-likeness (QED) is 0.172. The second kappa shape index (κ2) is 12.4. The first-order valence-corrected chi connectivity index (χ1v) is 17.5. The highest BCUT2D eigenvalue weighted by Crippen LogP contribution is 2.45. The third-order valence-electron chi connectivity index (χ3n) is 9.99. The Labute approximate surface area is 300 Å². The summed E-state index contributed by atoms with van der Waals surface area (Å²) in [5, 5.41) is 9.90. The number of rotatable bonds is 5. The van der Waals surface area contributed by atoms with Crippen LogP contribution in [0.5, 0.6) is 0 Å². The van der Waals surface area contributed by atoms with Crippen LogP contribution in [0, 0.1) is 0 Å². The first kappa shape index (κ1) is 29.8. The van der Waals surface area contributed by atoms with Crippen molar-refractivity contribution in [2.75, 3.05) is 0 Å². The van der Waals surface area contributed by atoms with Gasteiger partial charge in [-0.05, 0) is 78.0 Å². The fourth-order valence-corrected chi connectivity index (χ4v) is 7.61. The summed E-state index contributed by atoms with van der Waals surface area (Å²) in [5.41, 5.74) is 7.15. The third-order valence-corrected chi connectivity index (χ3v) is 9.99. The van der Waals surface area contributed by atoms with E-state index in [4.69, 9.17) is 15.0 Å². The Morgan fingerprint density at radius 2 is 0.769 bits per heavy atom. The van der Waals surface area contributed by atoms with Gasteiger partial charge >= 0.3 is 0 Å². The highest BCUT2D eigenvalue weighted by molar-refractivity contribution is 6.33. The molecule has 2 aromatic heterocycles. The Balaban J connectivity index is 1.29. The van der Waals surface area contributed by atoms with Gasteiger partial charge in [0.1, 0.15) is 0 Å². The van der Waals surface area contributed by atoms with Crippen LogP contribution in [0.25, 0.3) is 99.5 Å². The Bertz CT molecular complexity index is 2880. The Morgan fingerprint density at radius 1 is 0.288 bits per heavy atom. The van der Waals surface area contributed by atoms with Gasteiger partial charge in [-0.1, -0.05) is 152 Å². The summed E-state index contributed by atoms with van der Waals surface area (Å²) < 4.78 is 0. The van der Waals surface area contributed by atoms with E-state index in [-0.39, 0.29) is 0 Å². The van der Waals surface area contributed by atoms with Crippen LogP contribution in [0.15, 0.2) is 182 Å². The van der Waals surface area contributed by atoms with Crippen molar-refractivity contribution in [2.45, 2.75) is 0 Å². The normalized spacial score (nSPS) is 11.5. The van der Waals surface area contributed by atoms with Crippen LogP contribution in [0.3, 0.4) is 0 Å². The van der Waals surface area contributed by atoms with Crippen LogP contribution in [-0.4, -0.2) is 19.9 Å². The van der Waals surface area contributed by atoms with Crippen molar-refractivity contribution < 1.29 is 0 Å². The molecule has 0 saturated heterocycles. The Kier molecular flexibility index (Phi) is 7.10. The maximum Gasteiger partial charge on any atom is 0.164 e. The molecule has 2 heterocycles. The molecule has 8 aromatic carbocycles. The number of fused-ring (bicyclic) bond motifs is 8. The van der Waals surface area contributed by atoms with Crippen LogP contribution in [0.4, 0.5) is 0 Å². The molecular formula is C48H30N4. The molecule has 0 fully saturated rings. The molecule has 0 N–H and O–H groups in total. The van der Waals surface area contributed by atoms with Crippen LogP contribution in [0.2, 0.25) is 0 Å². The van der Waals surface area contributed by atoms with E-state index in [0.29, 0.717) is 17.5 Å². The van der Waals surface area contributed by atoms with Crippen molar-refractivity contribution in [1.82, 2.24) is 19.9 Å². The molecule has 0 aliphatic carbocycles. The van der Waals surface area contributed by atoms with E-state index in [1.807, 2.05) is 79.1 Å². The maximum atomic E-state index is 5.09. The summed E-state index contributed by atoms with van der Waals surface area (Å²) in [7, 11) is 0. The van der Waals surface area contributed by atoms with Crippen LogP contribution in [0.1, 0.15) is 0 Å². The fraction of sp³-hybridized carbons (Fsp3) is 0. The van der Waals surface area contributed by atoms with Crippen LogP contribution in [-0.2, 0) is 0 Å². The lowest BCUT2D eigenvalue weighted by Gasteiger charge is -2.18. The lowest BCUT2D eigenvalue weighted by molar-refractivity contribution is 1.07. The second-order valence-electron chi connectivity index (χ2n) is 13.0. The molecule has 0 saturated carbocycles. The molecule has 242 valence electrons. The van der Waals surface area contributed by atoms with Crippen molar-refractivity contribution in [1.29, 1.82) is 0 Å². The number of hydrogen-bond acceptors (Lipinski definition) is 4. The van der Waals surface area contributed by atoms with Gasteiger partial charge in [-0.15, -0.1) is 0 Å². The molecule has 0 aliphatic rings. The average molecular weight is 663 g/mol. The SMILES string of the molecule is c1ccc(-c2nc(-c3ccccc3)nc(-c3ccc(-c4cccnc4)c(-c4cc5c6ccccc6c6ccccc6c5c5ccccc45)c3)n2)cc1. The average Bonchev–Trinajstić information content (AvgIpc) is 3.24. The van der Waals surface area contributed by atoms with Crippen molar-refractivity contribution in [2.24, 2.45) is 0 Å².